The maximum absolute atomic E-state index is 11.7. The topological polar surface area (TPSA) is 55.1 Å². The number of Topliss-reactive ketones (excluding diaryl/α,β-unsaturated/α-hetero) is 1. The lowest BCUT2D eigenvalue weighted by molar-refractivity contribution is -0.127. The Labute approximate surface area is 95.3 Å². The van der Waals surface area contributed by atoms with Crippen molar-refractivity contribution in [1.82, 2.24) is 9.55 Å². The van der Waals surface area contributed by atoms with Gasteiger partial charge in [-0.1, -0.05) is 6.92 Å². The predicted octanol–water partition coefficient (Wildman–Crippen LogP) is 1.18. The lowest BCUT2D eigenvalue weighted by Gasteiger charge is -2.09. The number of carbonyl (C=O) groups excluding carboxylic acids is 1. The predicted molar refractivity (Wildman–Crippen MR) is 60.0 cm³/mol. The zero-order chi connectivity index (χ0) is 11.5. The molecule has 1 aromatic heterocycles. The van der Waals surface area contributed by atoms with E-state index in [0.29, 0.717) is 0 Å². The molecule has 1 fully saturated rings. The summed E-state index contributed by atoms with van der Waals surface area (Å²) >= 11 is 0. The molecule has 4 heteroatoms. The van der Waals surface area contributed by atoms with Gasteiger partial charge in [0.15, 0.2) is 5.78 Å². The molecule has 2 rings (SSSR count). The first-order chi connectivity index (χ1) is 7.72. The number of aliphatic hydroxyl groups excluding tert-OH is 1. The van der Waals surface area contributed by atoms with E-state index in [-0.39, 0.29) is 18.1 Å². The lowest BCUT2D eigenvalue weighted by atomic mass is 10.1. The molecule has 0 bridgehead atoms. The van der Waals surface area contributed by atoms with Crippen LogP contribution in [0.15, 0.2) is 12.4 Å². The van der Waals surface area contributed by atoms with Gasteiger partial charge in [0.2, 0.25) is 0 Å². The van der Waals surface area contributed by atoms with Crippen molar-refractivity contribution in [3.63, 3.8) is 0 Å². The molecule has 0 aliphatic heterocycles. The summed E-state index contributed by atoms with van der Waals surface area (Å²) in [6, 6.07) is 0. The van der Waals surface area contributed by atoms with Crippen LogP contribution in [-0.2, 0) is 17.8 Å². The van der Waals surface area contributed by atoms with Crippen molar-refractivity contribution in [3.8, 4) is 0 Å². The van der Waals surface area contributed by atoms with Crippen LogP contribution in [0.4, 0.5) is 0 Å². The third-order valence-corrected chi connectivity index (χ3v) is 3.00. The van der Waals surface area contributed by atoms with Gasteiger partial charge in [0, 0.05) is 18.9 Å². The van der Waals surface area contributed by atoms with Crippen LogP contribution < -0.4 is 0 Å². The summed E-state index contributed by atoms with van der Waals surface area (Å²) in [4.78, 5) is 15.9. The van der Waals surface area contributed by atoms with Gasteiger partial charge in [-0.05, 0) is 25.2 Å². The molecule has 1 aliphatic rings. The van der Waals surface area contributed by atoms with Crippen LogP contribution in [-0.4, -0.2) is 26.5 Å². The second-order valence-electron chi connectivity index (χ2n) is 4.46. The number of aryl methyl sites for hydroxylation is 1. The number of aliphatic hydroxyl groups is 1. The van der Waals surface area contributed by atoms with E-state index >= 15 is 0 Å². The Balaban J connectivity index is 1.96. The lowest BCUT2D eigenvalue weighted by Crippen LogP contribution is -2.25. The van der Waals surface area contributed by atoms with Crippen molar-refractivity contribution in [2.24, 2.45) is 5.92 Å². The SMILES string of the molecule is CCCn1ccnc1CC(=O)C(O)C1CC1. The van der Waals surface area contributed by atoms with Crippen molar-refractivity contribution < 1.29 is 9.90 Å². The summed E-state index contributed by atoms with van der Waals surface area (Å²) in [7, 11) is 0. The van der Waals surface area contributed by atoms with Crippen LogP contribution in [0, 0.1) is 5.92 Å². The van der Waals surface area contributed by atoms with E-state index in [1.807, 2.05) is 10.8 Å². The first kappa shape index (κ1) is 11.3. The Hall–Kier alpha value is -1.16. The van der Waals surface area contributed by atoms with Gasteiger partial charge >= 0.3 is 0 Å². The van der Waals surface area contributed by atoms with E-state index in [9.17, 15) is 9.90 Å². The second kappa shape index (κ2) is 4.78. The van der Waals surface area contributed by atoms with Crippen molar-refractivity contribution in [2.75, 3.05) is 0 Å². The number of ketones is 1. The molecule has 0 amide bonds. The highest BCUT2D eigenvalue weighted by molar-refractivity contribution is 5.85. The van der Waals surface area contributed by atoms with Gasteiger partial charge in [0.05, 0.1) is 6.42 Å². The molecule has 16 heavy (non-hydrogen) atoms. The zero-order valence-corrected chi connectivity index (χ0v) is 9.59. The van der Waals surface area contributed by atoms with Gasteiger partial charge in [0.1, 0.15) is 11.9 Å². The molecule has 1 aromatic rings. The fourth-order valence-corrected chi connectivity index (χ4v) is 1.89. The summed E-state index contributed by atoms with van der Waals surface area (Å²) in [5.41, 5.74) is 0. The standard InChI is InChI=1S/C12H18N2O2/c1-2-6-14-7-5-13-11(14)8-10(15)12(16)9-3-4-9/h5,7,9,12,16H,2-4,6,8H2,1H3. The normalized spacial score (nSPS) is 17.4. The average molecular weight is 222 g/mol. The number of hydrogen-bond donors (Lipinski definition) is 1. The summed E-state index contributed by atoms with van der Waals surface area (Å²) in [6.45, 7) is 2.97. The highest BCUT2D eigenvalue weighted by Gasteiger charge is 2.34. The largest absolute Gasteiger partial charge is 0.385 e. The van der Waals surface area contributed by atoms with Crippen LogP contribution in [0.5, 0.6) is 0 Å². The van der Waals surface area contributed by atoms with E-state index in [2.05, 4.69) is 11.9 Å². The Bertz CT molecular complexity index is 369. The highest BCUT2D eigenvalue weighted by atomic mass is 16.3. The third-order valence-electron chi connectivity index (χ3n) is 3.00. The zero-order valence-electron chi connectivity index (χ0n) is 9.59. The van der Waals surface area contributed by atoms with Gasteiger partial charge in [-0.25, -0.2) is 4.98 Å². The van der Waals surface area contributed by atoms with Crippen molar-refractivity contribution >= 4 is 5.78 Å². The molecule has 0 saturated heterocycles. The van der Waals surface area contributed by atoms with Crippen LogP contribution in [0.3, 0.4) is 0 Å². The summed E-state index contributed by atoms with van der Waals surface area (Å²) in [6.07, 6.45) is 6.06. The molecule has 88 valence electrons. The summed E-state index contributed by atoms with van der Waals surface area (Å²) < 4.78 is 1.98. The molecular formula is C12H18N2O2. The third kappa shape index (κ3) is 2.50. The molecule has 0 aromatic carbocycles. The van der Waals surface area contributed by atoms with Gasteiger partial charge in [-0.15, -0.1) is 0 Å². The van der Waals surface area contributed by atoms with Crippen LogP contribution in [0.1, 0.15) is 32.0 Å². The number of imidazole rings is 1. The van der Waals surface area contributed by atoms with Gasteiger partial charge in [-0.2, -0.15) is 0 Å². The van der Waals surface area contributed by atoms with Crippen molar-refractivity contribution in [2.45, 2.75) is 45.3 Å². The molecule has 1 heterocycles. The number of rotatable bonds is 6. The van der Waals surface area contributed by atoms with Crippen LogP contribution >= 0.6 is 0 Å². The smallest absolute Gasteiger partial charge is 0.169 e. The molecule has 0 spiro atoms. The minimum atomic E-state index is -0.772. The average Bonchev–Trinajstić information content (AvgIpc) is 3.03. The first-order valence-corrected chi connectivity index (χ1v) is 5.93. The number of nitrogens with zero attached hydrogens (tertiary/aromatic N) is 2. The van der Waals surface area contributed by atoms with E-state index in [1.54, 1.807) is 6.20 Å². The van der Waals surface area contributed by atoms with Crippen LogP contribution in [0.25, 0.3) is 0 Å². The Morgan fingerprint density at radius 1 is 1.69 bits per heavy atom. The maximum Gasteiger partial charge on any atom is 0.169 e. The van der Waals surface area contributed by atoms with Crippen molar-refractivity contribution in [3.05, 3.63) is 18.2 Å². The van der Waals surface area contributed by atoms with E-state index in [0.717, 1.165) is 31.6 Å². The number of aromatic nitrogens is 2. The molecule has 4 nitrogen and oxygen atoms in total. The molecule has 1 N–H and O–H groups in total. The number of hydrogen-bond acceptors (Lipinski definition) is 3. The number of carbonyl (C=O) groups is 1. The molecule has 1 atom stereocenters. The van der Waals surface area contributed by atoms with E-state index < -0.39 is 6.10 Å². The monoisotopic (exact) mass is 222 g/mol. The second-order valence-corrected chi connectivity index (χ2v) is 4.46. The Morgan fingerprint density at radius 3 is 3.06 bits per heavy atom. The fraction of sp³-hybridized carbons (Fsp3) is 0.667. The molecular weight excluding hydrogens is 204 g/mol. The molecule has 0 radical (unpaired) electrons. The summed E-state index contributed by atoms with van der Waals surface area (Å²) in [5.74, 6) is 0.889. The minimum Gasteiger partial charge on any atom is -0.385 e. The van der Waals surface area contributed by atoms with Gasteiger partial charge in [0.25, 0.3) is 0 Å². The Morgan fingerprint density at radius 2 is 2.44 bits per heavy atom. The molecule has 1 aliphatic carbocycles. The van der Waals surface area contributed by atoms with Gasteiger partial charge < -0.3 is 9.67 Å². The first-order valence-electron chi connectivity index (χ1n) is 5.93. The Kier molecular flexibility index (Phi) is 3.39. The fourth-order valence-electron chi connectivity index (χ4n) is 1.89. The van der Waals surface area contributed by atoms with Crippen molar-refractivity contribution in [1.29, 1.82) is 0 Å². The van der Waals surface area contributed by atoms with E-state index in [4.69, 9.17) is 0 Å². The highest BCUT2D eigenvalue weighted by Crippen LogP contribution is 2.33. The quantitative estimate of drug-likeness (QED) is 0.786. The molecule has 1 saturated carbocycles. The van der Waals surface area contributed by atoms with Crippen LogP contribution in [0.2, 0.25) is 0 Å². The summed E-state index contributed by atoms with van der Waals surface area (Å²) in [5, 5.41) is 9.69. The van der Waals surface area contributed by atoms with E-state index in [1.165, 1.54) is 0 Å². The molecule has 1 unspecified atom stereocenters. The minimum absolute atomic E-state index is 0.0916. The maximum atomic E-state index is 11.7. The van der Waals surface area contributed by atoms with Gasteiger partial charge in [-0.3, -0.25) is 4.79 Å².